The summed E-state index contributed by atoms with van der Waals surface area (Å²) in [4.78, 5) is 19.3. The van der Waals surface area contributed by atoms with E-state index < -0.39 is 0 Å². The maximum Gasteiger partial charge on any atom is 0.291 e. The van der Waals surface area contributed by atoms with Crippen LogP contribution in [0.3, 0.4) is 0 Å². The highest BCUT2D eigenvalue weighted by molar-refractivity contribution is 6.02. The number of furan rings is 1. The Morgan fingerprint density at radius 2 is 1.87 bits per heavy atom. The van der Waals surface area contributed by atoms with Crippen LogP contribution in [0.25, 0.3) is 0 Å². The molecule has 31 heavy (non-hydrogen) atoms. The maximum atomic E-state index is 12.2. The smallest absolute Gasteiger partial charge is 0.291 e. The van der Waals surface area contributed by atoms with E-state index in [0.29, 0.717) is 18.6 Å². The number of benzene rings is 1. The number of rotatable bonds is 11. The number of aliphatic imine (C=N–C) groups is 1. The van der Waals surface area contributed by atoms with Gasteiger partial charge in [0, 0.05) is 37.4 Å². The fraction of sp³-hybridized carbons (Fsp3) is 0.500. The second-order valence-corrected chi connectivity index (χ2v) is 8.03. The number of nitrogens with one attached hydrogen (secondary N) is 3. The van der Waals surface area contributed by atoms with Gasteiger partial charge in [-0.05, 0) is 70.9 Å². The molecule has 0 aliphatic carbocycles. The average molecular weight is 428 g/mol. The fourth-order valence-corrected chi connectivity index (χ4v) is 3.44. The van der Waals surface area contributed by atoms with Crippen molar-refractivity contribution >= 4 is 17.6 Å². The number of anilines is 1. The van der Waals surface area contributed by atoms with Crippen molar-refractivity contribution < 1.29 is 9.21 Å². The van der Waals surface area contributed by atoms with Gasteiger partial charge in [-0.1, -0.05) is 12.1 Å². The van der Waals surface area contributed by atoms with Crippen molar-refractivity contribution in [3.8, 4) is 0 Å². The predicted octanol–water partition coefficient (Wildman–Crippen LogP) is 4.10. The molecule has 0 saturated heterocycles. The molecule has 0 bridgehead atoms. The highest BCUT2D eigenvalue weighted by Crippen LogP contribution is 2.13. The van der Waals surface area contributed by atoms with Crippen LogP contribution < -0.4 is 16.0 Å². The van der Waals surface area contributed by atoms with Crippen LogP contribution >= 0.6 is 0 Å². The van der Waals surface area contributed by atoms with Crippen LogP contribution in [0, 0.1) is 0 Å². The van der Waals surface area contributed by atoms with Gasteiger partial charge < -0.3 is 20.4 Å². The minimum Gasteiger partial charge on any atom is -0.459 e. The van der Waals surface area contributed by atoms with Crippen LogP contribution in [-0.2, 0) is 6.54 Å². The average Bonchev–Trinajstić information content (AvgIpc) is 3.26. The Balaban J connectivity index is 1.89. The zero-order valence-electron chi connectivity index (χ0n) is 19.4. The first-order valence-electron chi connectivity index (χ1n) is 11.1. The van der Waals surface area contributed by atoms with Crippen LogP contribution in [0.15, 0.2) is 52.1 Å². The van der Waals surface area contributed by atoms with Gasteiger partial charge in [0.2, 0.25) is 0 Å². The van der Waals surface area contributed by atoms with E-state index in [-0.39, 0.29) is 11.7 Å². The van der Waals surface area contributed by atoms with Crippen molar-refractivity contribution in [2.24, 2.45) is 4.99 Å². The second kappa shape index (κ2) is 12.8. The minimum atomic E-state index is -0.266. The summed E-state index contributed by atoms with van der Waals surface area (Å²) in [7, 11) is 0. The SMILES string of the molecule is CCNC(=NCc1cccc(NC(=O)c2ccco2)c1)NCCCN(C(C)C)C(C)C. The van der Waals surface area contributed by atoms with Crippen molar-refractivity contribution in [2.75, 3.05) is 25.0 Å². The van der Waals surface area contributed by atoms with Gasteiger partial charge in [-0.25, -0.2) is 4.99 Å². The van der Waals surface area contributed by atoms with Crippen LogP contribution in [0.5, 0.6) is 0 Å². The fourth-order valence-electron chi connectivity index (χ4n) is 3.44. The third-order valence-electron chi connectivity index (χ3n) is 4.91. The largest absolute Gasteiger partial charge is 0.459 e. The summed E-state index contributed by atoms with van der Waals surface area (Å²) in [6, 6.07) is 12.1. The number of hydrogen-bond acceptors (Lipinski definition) is 4. The molecule has 0 radical (unpaired) electrons. The van der Waals surface area contributed by atoms with E-state index in [9.17, 15) is 4.79 Å². The number of nitrogens with zero attached hydrogens (tertiary/aromatic N) is 2. The van der Waals surface area contributed by atoms with Crippen LogP contribution in [0.4, 0.5) is 5.69 Å². The van der Waals surface area contributed by atoms with Crippen molar-refractivity contribution in [3.63, 3.8) is 0 Å². The Hall–Kier alpha value is -2.80. The van der Waals surface area contributed by atoms with Crippen molar-refractivity contribution in [3.05, 3.63) is 54.0 Å². The Labute approximate surface area is 186 Å². The molecular weight excluding hydrogens is 390 g/mol. The molecule has 2 rings (SSSR count). The van der Waals surface area contributed by atoms with Gasteiger partial charge in [0.25, 0.3) is 5.91 Å². The van der Waals surface area contributed by atoms with E-state index in [1.165, 1.54) is 6.26 Å². The van der Waals surface area contributed by atoms with Crippen LogP contribution in [0.2, 0.25) is 0 Å². The summed E-state index contributed by atoms with van der Waals surface area (Å²) >= 11 is 0. The van der Waals surface area contributed by atoms with Crippen molar-refractivity contribution in [1.82, 2.24) is 15.5 Å². The Morgan fingerprint density at radius 1 is 1.10 bits per heavy atom. The summed E-state index contributed by atoms with van der Waals surface area (Å²) in [5.74, 6) is 0.821. The summed E-state index contributed by atoms with van der Waals surface area (Å²) in [5.41, 5.74) is 1.73. The predicted molar refractivity (Wildman–Crippen MR) is 128 cm³/mol. The summed E-state index contributed by atoms with van der Waals surface area (Å²) in [6.07, 6.45) is 2.54. The number of guanidine groups is 1. The first-order chi connectivity index (χ1) is 14.9. The molecule has 0 atom stereocenters. The molecule has 1 aromatic carbocycles. The van der Waals surface area contributed by atoms with Gasteiger partial charge in [-0.15, -0.1) is 0 Å². The minimum absolute atomic E-state index is 0.266. The van der Waals surface area contributed by atoms with E-state index in [2.05, 4.69) is 55.5 Å². The molecule has 1 aromatic heterocycles. The van der Waals surface area contributed by atoms with E-state index in [4.69, 9.17) is 9.41 Å². The molecule has 1 amide bonds. The molecule has 0 spiro atoms. The Bertz CT molecular complexity index is 807. The monoisotopic (exact) mass is 427 g/mol. The van der Waals surface area contributed by atoms with E-state index in [1.54, 1.807) is 12.1 Å². The highest BCUT2D eigenvalue weighted by Gasteiger charge is 2.12. The summed E-state index contributed by atoms with van der Waals surface area (Å²) in [6.45, 7) is 14.3. The Morgan fingerprint density at radius 3 is 2.52 bits per heavy atom. The molecule has 7 heteroatoms. The van der Waals surface area contributed by atoms with E-state index in [1.807, 2.05) is 24.3 Å². The zero-order valence-corrected chi connectivity index (χ0v) is 19.4. The normalized spacial score (nSPS) is 11.9. The molecule has 0 aliphatic rings. The lowest BCUT2D eigenvalue weighted by molar-refractivity contribution is 0.0996. The maximum absolute atomic E-state index is 12.2. The number of amides is 1. The molecule has 3 N–H and O–H groups in total. The van der Waals surface area contributed by atoms with Gasteiger partial charge in [0.15, 0.2) is 11.7 Å². The molecule has 0 saturated carbocycles. The van der Waals surface area contributed by atoms with Gasteiger partial charge in [0.1, 0.15) is 0 Å². The third-order valence-corrected chi connectivity index (χ3v) is 4.91. The second-order valence-electron chi connectivity index (χ2n) is 8.03. The number of carbonyl (C=O) groups excluding carboxylic acids is 1. The quantitative estimate of drug-likeness (QED) is 0.286. The lowest BCUT2D eigenvalue weighted by atomic mass is 10.2. The molecule has 0 fully saturated rings. The molecule has 0 aliphatic heterocycles. The molecule has 0 unspecified atom stereocenters. The molecule has 170 valence electrons. The van der Waals surface area contributed by atoms with Crippen LogP contribution in [-0.4, -0.2) is 48.5 Å². The first-order valence-corrected chi connectivity index (χ1v) is 11.1. The number of carbonyl (C=O) groups is 1. The van der Waals surface area contributed by atoms with Gasteiger partial charge in [-0.2, -0.15) is 0 Å². The van der Waals surface area contributed by atoms with Crippen molar-refractivity contribution in [1.29, 1.82) is 0 Å². The topological polar surface area (TPSA) is 81.9 Å². The van der Waals surface area contributed by atoms with E-state index in [0.717, 1.165) is 43.3 Å². The third kappa shape index (κ3) is 8.45. The Kier molecular flexibility index (Phi) is 10.1. The zero-order chi connectivity index (χ0) is 22.6. The molecule has 7 nitrogen and oxygen atoms in total. The standard InChI is InChI=1S/C24H37N5O2/c1-6-25-24(26-13-9-14-29(18(2)3)19(4)5)27-17-20-10-7-11-21(16-20)28-23(30)22-12-8-15-31-22/h7-8,10-12,15-16,18-19H,6,9,13-14,17H2,1-5H3,(H,28,30)(H2,25,26,27). The summed E-state index contributed by atoms with van der Waals surface area (Å²) < 4.78 is 5.14. The highest BCUT2D eigenvalue weighted by atomic mass is 16.3. The van der Waals surface area contributed by atoms with Gasteiger partial charge >= 0.3 is 0 Å². The summed E-state index contributed by atoms with van der Waals surface area (Å²) in [5, 5.41) is 9.57. The van der Waals surface area contributed by atoms with Gasteiger partial charge in [-0.3, -0.25) is 9.69 Å². The molecule has 2 aromatic rings. The first kappa shape index (κ1) is 24.5. The van der Waals surface area contributed by atoms with Crippen molar-refractivity contribution in [2.45, 2.75) is 59.7 Å². The molecule has 1 heterocycles. The van der Waals surface area contributed by atoms with E-state index >= 15 is 0 Å². The number of hydrogen-bond donors (Lipinski definition) is 3. The lowest BCUT2D eigenvalue weighted by Gasteiger charge is -2.30. The lowest BCUT2D eigenvalue weighted by Crippen LogP contribution is -2.41. The molecular formula is C24H37N5O2. The van der Waals surface area contributed by atoms with Gasteiger partial charge in [0.05, 0.1) is 12.8 Å². The van der Waals surface area contributed by atoms with Crippen LogP contribution in [0.1, 0.15) is 57.2 Å².